The number of halogens is 2. The van der Waals surface area contributed by atoms with Crippen molar-refractivity contribution in [3.05, 3.63) is 57.8 Å². The van der Waals surface area contributed by atoms with E-state index >= 15 is 0 Å². The molecular weight excluding hydrogens is 415 g/mol. The fourth-order valence-electron chi connectivity index (χ4n) is 2.15. The van der Waals surface area contributed by atoms with E-state index in [1.807, 2.05) is 6.92 Å². The van der Waals surface area contributed by atoms with E-state index in [1.165, 1.54) is 18.3 Å². The van der Waals surface area contributed by atoms with Crippen LogP contribution in [0, 0.1) is 18.2 Å². The molecule has 7 heteroatoms. The molecule has 0 atom stereocenters. The Labute approximate surface area is 165 Å². The lowest BCUT2D eigenvalue weighted by Gasteiger charge is -2.12. The van der Waals surface area contributed by atoms with Crippen LogP contribution in [0.15, 0.2) is 46.0 Å². The summed E-state index contributed by atoms with van der Waals surface area (Å²) in [6.45, 7) is 2.44. The van der Waals surface area contributed by atoms with Gasteiger partial charge in [-0.2, -0.15) is 5.10 Å². The van der Waals surface area contributed by atoms with Crippen molar-refractivity contribution in [2.75, 3.05) is 13.2 Å². The zero-order valence-corrected chi connectivity index (χ0v) is 16.3. The van der Waals surface area contributed by atoms with Crippen molar-refractivity contribution in [3.8, 4) is 23.8 Å². The molecule has 27 heavy (non-hydrogen) atoms. The van der Waals surface area contributed by atoms with Gasteiger partial charge in [0.15, 0.2) is 11.5 Å². The van der Waals surface area contributed by atoms with Crippen LogP contribution in [-0.2, 0) is 11.2 Å². The number of nitrogens with zero attached hydrogens (tertiary/aromatic N) is 1. The number of terminal acetylenes is 1. The smallest absolute Gasteiger partial charge is 0.244 e. The first-order valence-corrected chi connectivity index (χ1v) is 8.91. The van der Waals surface area contributed by atoms with Crippen LogP contribution in [-0.4, -0.2) is 25.3 Å². The quantitative estimate of drug-likeness (QED) is 0.393. The van der Waals surface area contributed by atoms with Gasteiger partial charge in [0.25, 0.3) is 0 Å². The molecule has 1 N–H and O–H groups in total. The zero-order chi connectivity index (χ0) is 19.6. The average Bonchev–Trinajstić information content (AvgIpc) is 2.65. The first-order valence-electron chi connectivity index (χ1n) is 8.12. The Kier molecular flexibility index (Phi) is 7.83. The minimum Gasteiger partial charge on any atom is -0.490 e. The van der Waals surface area contributed by atoms with Crippen molar-refractivity contribution in [3.63, 3.8) is 0 Å². The van der Waals surface area contributed by atoms with Crippen molar-refractivity contribution < 1.29 is 18.7 Å². The Morgan fingerprint density at radius 3 is 2.67 bits per heavy atom. The molecule has 0 aromatic heterocycles. The van der Waals surface area contributed by atoms with Gasteiger partial charge < -0.3 is 9.47 Å². The predicted molar refractivity (Wildman–Crippen MR) is 105 cm³/mol. The molecule has 0 aliphatic rings. The highest BCUT2D eigenvalue weighted by Gasteiger charge is 2.10. The van der Waals surface area contributed by atoms with Gasteiger partial charge in [0.1, 0.15) is 12.4 Å². The van der Waals surface area contributed by atoms with Crippen LogP contribution in [0.1, 0.15) is 18.1 Å². The van der Waals surface area contributed by atoms with Crippen LogP contribution < -0.4 is 14.9 Å². The summed E-state index contributed by atoms with van der Waals surface area (Å²) in [4.78, 5) is 11.9. The summed E-state index contributed by atoms with van der Waals surface area (Å²) in [7, 11) is 0. The molecule has 0 unspecified atom stereocenters. The lowest BCUT2D eigenvalue weighted by molar-refractivity contribution is -0.120. The highest BCUT2D eigenvalue weighted by molar-refractivity contribution is 9.10. The van der Waals surface area contributed by atoms with E-state index in [-0.39, 0.29) is 24.8 Å². The fourth-order valence-corrected chi connectivity index (χ4v) is 2.58. The molecule has 0 bridgehead atoms. The Morgan fingerprint density at radius 2 is 2.00 bits per heavy atom. The summed E-state index contributed by atoms with van der Waals surface area (Å²) >= 11 is 3.43. The van der Waals surface area contributed by atoms with E-state index in [4.69, 9.17) is 15.9 Å². The molecule has 5 nitrogen and oxygen atoms in total. The maximum Gasteiger partial charge on any atom is 0.244 e. The third-order valence-corrected chi connectivity index (χ3v) is 4.03. The number of hydrazone groups is 1. The number of hydrogen-bond acceptors (Lipinski definition) is 4. The standard InChI is InChI=1S/C20H18BrFN2O3/c1-3-9-27-19-12-17(21)15(11-18(19)26-4-2)13-23-24-20(25)10-14-5-7-16(22)8-6-14/h1,5-8,11-13H,4,9-10H2,2H3,(H,24,25)/b23-13+. The highest BCUT2D eigenvalue weighted by atomic mass is 79.9. The van der Waals surface area contributed by atoms with Gasteiger partial charge in [0.2, 0.25) is 5.91 Å². The maximum atomic E-state index is 12.9. The van der Waals surface area contributed by atoms with E-state index in [2.05, 4.69) is 32.4 Å². The molecule has 0 aliphatic carbocycles. The summed E-state index contributed by atoms with van der Waals surface area (Å²) in [5.74, 6) is 2.78. The largest absolute Gasteiger partial charge is 0.490 e. The topological polar surface area (TPSA) is 59.9 Å². The van der Waals surface area contributed by atoms with Crippen molar-refractivity contribution in [1.82, 2.24) is 5.43 Å². The van der Waals surface area contributed by atoms with Crippen LogP contribution in [0.25, 0.3) is 0 Å². The Balaban J connectivity index is 2.04. The number of benzene rings is 2. The molecule has 2 rings (SSSR count). The molecule has 140 valence electrons. The number of carbonyl (C=O) groups is 1. The summed E-state index contributed by atoms with van der Waals surface area (Å²) in [5, 5.41) is 3.95. The lowest BCUT2D eigenvalue weighted by atomic mass is 10.1. The van der Waals surface area contributed by atoms with Crippen molar-refractivity contribution in [1.29, 1.82) is 0 Å². The Morgan fingerprint density at radius 1 is 1.30 bits per heavy atom. The molecule has 0 saturated carbocycles. The minimum atomic E-state index is -0.346. The number of hydrogen-bond donors (Lipinski definition) is 1. The molecule has 2 aromatic carbocycles. The number of amides is 1. The first-order chi connectivity index (χ1) is 13.0. The van der Waals surface area contributed by atoms with Crippen LogP contribution >= 0.6 is 15.9 Å². The SMILES string of the molecule is C#CCOc1cc(Br)c(/C=N/NC(=O)Cc2ccc(F)cc2)cc1OCC. The molecule has 1 amide bonds. The summed E-state index contributed by atoms with van der Waals surface area (Å²) in [6.07, 6.45) is 6.80. The second-order valence-corrected chi connectivity index (χ2v) is 6.20. The Hall–Kier alpha value is -2.85. The molecule has 0 aliphatic heterocycles. The molecule has 0 heterocycles. The van der Waals surface area contributed by atoms with Gasteiger partial charge in [-0.05, 0) is 52.7 Å². The van der Waals surface area contributed by atoms with Crippen LogP contribution in [0.3, 0.4) is 0 Å². The van der Waals surface area contributed by atoms with Crippen LogP contribution in [0.2, 0.25) is 0 Å². The fraction of sp³-hybridized carbons (Fsp3) is 0.200. The normalized spacial score (nSPS) is 10.4. The summed E-state index contributed by atoms with van der Waals surface area (Å²) < 4.78 is 24.6. The van der Waals surface area contributed by atoms with Crippen molar-refractivity contribution in [2.24, 2.45) is 5.10 Å². The van der Waals surface area contributed by atoms with Gasteiger partial charge in [-0.1, -0.05) is 18.1 Å². The maximum absolute atomic E-state index is 12.9. The number of rotatable bonds is 8. The average molecular weight is 433 g/mol. The summed E-state index contributed by atoms with van der Waals surface area (Å²) in [6, 6.07) is 9.18. The van der Waals surface area contributed by atoms with E-state index in [9.17, 15) is 9.18 Å². The van der Waals surface area contributed by atoms with E-state index in [0.717, 1.165) is 0 Å². The second kappa shape index (κ2) is 10.3. The van der Waals surface area contributed by atoms with E-state index in [1.54, 1.807) is 24.3 Å². The molecule has 2 aromatic rings. The van der Waals surface area contributed by atoms with E-state index < -0.39 is 0 Å². The minimum absolute atomic E-state index is 0.0991. The molecule has 0 radical (unpaired) electrons. The number of carbonyl (C=O) groups excluding carboxylic acids is 1. The number of nitrogens with one attached hydrogen (secondary N) is 1. The molecule has 0 spiro atoms. The first kappa shape index (κ1) is 20.5. The van der Waals surface area contributed by atoms with E-state index in [0.29, 0.717) is 33.7 Å². The number of ether oxygens (including phenoxy) is 2. The van der Waals surface area contributed by atoms with Gasteiger partial charge in [0, 0.05) is 10.0 Å². The second-order valence-electron chi connectivity index (χ2n) is 5.34. The van der Waals surface area contributed by atoms with Crippen molar-refractivity contribution in [2.45, 2.75) is 13.3 Å². The highest BCUT2D eigenvalue weighted by Crippen LogP contribution is 2.33. The third-order valence-electron chi connectivity index (χ3n) is 3.34. The summed E-state index contributed by atoms with van der Waals surface area (Å²) in [5.41, 5.74) is 3.82. The monoisotopic (exact) mass is 432 g/mol. The lowest BCUT2D eigenvalue weighted by Crippen LogP contribution is -2.19. The van der Waals surface area contributed by atoms with Gasteiger partial charge in [-0.25, -0.2) is 9.82 Å². The predicted octanol–water partition coefficient (Wildman–Crippen LogP) is 3.69. The molecule has 0 saturated heterocycles. The van der Waals surface area contributed by atoms with Crippen LogP contribution in [0.4, 0.5) is 4.39 Å². The van der Waals surface area contributed by atoms with Crippen LogP contribution in [0.5, 0.6) is 11.5 Å². The van der Waals surface area contributed by atoms with Gasteiger partial charge >= 0.3 is 0 Å². The van der Waals surface area contributed by atoms with Crippen molar-refractivity contribution >= 4 is 28.1 Å². The molecular formula is C20H18BrFN2O3. The zero-order valence-electron chi connectivity index (χ0n) is 14.7. The Bertz CT molecular complexity index is 861. The third kappa shape index (κ3) is 6.42. The van der Waals surface area contributed by atoms with Gasteiger partial charge in [-0.3, -0.25) is 4.79 Å². The van der Waals surface area contributed by atoms with Gasteiger partial charge in [0.05, 0.1) is 19.2 Å². The molecule has 0 fully saturated rings. The van der Waals surface area contributed by atoms with Gasteiger partial charge in [-0.15, -0.1) is 6.42 Å².